The Labute approximate surface area is 386 Å². The Morgan fingerprint density at radius 2 is 1.26 bits per heavy atom. The van der Waals surface area contributed by atoms with Crippen molar-refractivity contribution < 1.29 is 28.0 Å². The molecular weight excluding hydrogens is 854 g/mol. The van der Waals surface area contributed by atoms with Crippen LogP contribution in [-0.4, -0.2) is 81.4 Å². The lowest BCUT2D eigenvalue weighted by Gasteiger charge is -2.39. The first kappa shape index (κ1) is 47.8. The molecule has 0 amide bonds. The van der Waals surface area contributed by atoms with Crippen molar-refractivity contribution in [1.29, 1.82) is 0 Å². The molecule has 342 valence electrons. The lowest BCUT2D eigenvalue weighted by molar-refractivity contribution is -0.0913. The number of aryl methyl sites for hydroxylation is 1. The average Bonchev–Trinajstić information content (AvgIpc) is 3.74. The summed E-state index contributed by atoms with van der Waals surface area (Å²) in [6.45, 7) is 11.3. The van der Waals surface area contributed by atoms with Crippen LogP contribution in [0.5, 0.6) is 11.5 Å². The van der Waals surface area contributed by atoms with Gasteiger partial charge in [-0.25, -0.2) is 4.79 Å². The first-order valence-electron chi connectivity index (χ1n) is 22.4. The Morgan fingerprint density at radius 3 is 1.77 bits per heavy atom. The fourth-order valence-electron chi connectivity index (χ4n) is 9.28. The Morgan fingerprint density at radius 1 is 0.754 bits per heavy atom. The van der Waals surface area contributed by atoms with Crippen molar-refractivity contribution in [2.45, 2.75) is 88.4 Å². The second kappa shape index (κ2) is 22.3. The second-order valence-electron chi connectivity index (χ2n) is 17.1. The summed E-state index contributed by atoms with van der Waals surface area (Å²) in [6, 6.07) is 48.1. The average molecular weight is 916 g/mol. The van der Waals surface area contributed by atoms with Gasteiger partial charge < -0.3 is 28.0 Å². The highest BCUT2D eigenvalue weighted by atomic mass is 31.1. The zero-order valence-electron chi connectivity index (χ0n) is 38.4. The van der Waals surface area contributed by atoms with Gasteiger partial charge in [0.15, 0.2) is 9.03 Å². The van der Waals surface area contributed by atoms with Gasteiger partial charge in [0.25, 0.3) is 5.56 Å². The van der Waals surface area contributed by atoms with Crippen LogP contribution in [0.15, 0.2) is 155 Å². The maximum Gasteiger partial charge on any atom is 0.330 e. The van der Waals surface area contributed by atoms with Gasteiger partial charge in [0.2, 0.25) is 0 Å². The van der Waals surface area contributed by atoms with Crippen molar-refractivity contribution in [2.75, 3.05) is 27.4 Å². The molecule has 1 saturated heterocycles. The number of nitrogens with zero attached hydrogens (tertiary/aromatic N) is 2. The molecule has 1 aliphatic heterocycles. The first-order chi connectivity index (χ1) is 31.5. The summed E-state index contributed by atoms with van der Waals surface area (Å²) in [5, 5.41) is 0. The third-order valence-corrected chi connectivity index (χ3v) is 15.6. The molecule has 5 atom stereocenters. The summed E-state index contributed by atoms with van der Waals surface area (Å²) in [5.41, 5.74) is 4.08. The normalized spacial score (nSPS) is 17.4. The summed E-state index contributed by atoms with van der Waals surface area (Å²) in [6.07, 6.45) is -0.0224. The molecule has 0 aliphatic carbocycles. The van der Waals surface area contributed by atoms with Gasteiger partial charge in [0.05, 0.1) is 43.1 Å². The molecule has 1 fully saturated rings. The Balaban J connectivity index is 1.19. The number of H-pyrrole nitrogens is 1. The van der Waals surface area contributed by atoms with Crippen molar-refractivity contribution in [2.24, 2.45) is 0 Å². The van der Waals surface area contributed by atoms with E-state index < -0.39 is 44.8 Å². The molecule has 6 aromatic rings. The van der Waals surface area contributed by atoms with Gasteiger partial charge in [-0.15, -0.1) is 0 Å². The minimum atomic E-state index is -1.11. The van der Waals surface area contributed by atoms with Crippen LogP contribution in [0.4, 0.5) is 0 Å². The van der Waals surface area contributed by atoms with Crippen molar-refractivity contribution in [3.8, 4) is 11.5 Å². The quantitative estimate of drug-likeness (QED) is 0.0329. The summed E-state index contributed by atoms with van der Waals surface area (Å²) in [7, 11) is 2.09. The molecule has 1 aliphatic rings. The van der Waals surface area contributed by atoms with E-state index in [9.17, 15) is 9.59 Å². The van der Waals surface area contributed by atoms with Crippen molar-refractivity contribution in [1.82, 2.24) is 14.5 Å². The van der Waals surface area contributed by atoms with Crippen LogP contribution >= 0.6 is 9.03 Å². The fourth-order valence-corrected chi connectivity index (χ4v) is 13.2. The first-order valence-corrected chi connectivity index (χ1v) is 24.8. The van der Waals surface area contributed by atoms with Gasteiger partial charge in [0, 0.05) is 35.9 Å². The lowest BCUT2D eigenvalue weighted by atomic mass is 9.80. The highest BCUT2D eigenvalue weighted by Crippen LogP contribution is 2.43. The molecule has 5 aromatic carbocycles. The van der Waals surface area contributed by atoms with E-state index in [1.165, 1.54) is 15.7 Å². The molecule has 2 heterocycles. The Kier molecular flexibility index (Phi) is 16.4. The van der Waals surface area contributed by atoms with E-state index in [1.807, 2.05) is 66.7 Å². The number of hydrogen-bond donors (Lipinski definition) is 1. The van der Waals surface area contributed by atoms with Crippen LogP contribution < -0.4 is 20.7 Å². The lowest BCUT2D eigenvalue weighted by Crippen LogP contribution is -2.51. The predicted octanol–water partition coefficient (Wildman–Crippen LogP) is 8.47. The summed E-state index contributed by atoms with van der Waals surface area (Å²) in [4.78, 5) is 30.8. The van der Waals surface area contributed by atoms with Gasteiger partial charge in [-0.2, -0.15) is 0 Å². The fraction of sp³-hybridized carbons (Fsp3) is 0.346. The largest absolute Gasteiger partial charge is 0.497 e. The smallest absolute Gasteiger partial charge is 0.330 e. The highest BCUT2D eigenvalue weighted by molar-refractivity contribution is 7.26. The SMILES string of the molecule is COc1ccc(C(OC[C@H]2O[C@@H](n3cc(C)c(=O)[nH]c3=O)CC2OPOCC([SiH2]C(c2ccccc2)c2ccccc2)N(C(C)C)C(C)C)(c2ccccc2)c2ccc(OC)cc2)cc1. The number of methoxy groups -OCH3 is 2. The third-order valence-electron chi connectivity index (χ3n) is 12.3. The van der Waals surface area contributed by atoms with Crippen molar-refractivity contribution >= 4 is 18.6 Å². The molecule has 65 heavy (non-hydrogen) atoms. The number of aromatic nitrogens is 2. The third kappa shape index (κ3) is 11.3. The van der Waals surface area contributed by atoms with Crippen LogP contribution in [-0.2, 0) is 24.1 Å². The number of rotatable bonds is 21. The molecule has 3 unspecified atom stereocenters. The standard InChI is InChI=1S/C52H62N3O8PSi/c1-35(2)55(36(3)4)48(65-49(38-17-11-8-12-18-38)39-19-13-9-14-20-39)34-61-64-63-45-31-47(54-32-37(5)50(56)53-51(54)57)62-46(45)33-60-52(40-21-15-10-16-22-40,41-23-27-43(58-6)28-24-41)42-25-29-44(59-7)30-26-42/h8-30,32,35-36,45-49,64H,31,33-34,65H2,1-7H3,(H,53,56,57)/t45?,46-,47-,48?/m1/s1. The minimum absolute atomic E-state index is 0.0789. The number of benzene rings is 5. The van der Waals surface area contributed by atoms with Crippen LogP contribution in [0.3, 0.4) is 0 Å². The molecule has 1 N–H and O–H groups in total. The van der Waals surface area contributed by atoms with E-state index in [1.54, 1.807) is 27.3 Å². The van der Waals surface area contributed by atoms with Gasteiger partial charge in [0.1, 0.15) is 29.4 Å². The van der Waals surface area contributed by atoms with Crippen molar-refractivity contribution in [3.05, 3.63) is 200 Å². The molecule has 13 heteroatoms. The van der Waals surface area contributed by atoms with Crippen LogP contribution in [0, 0.1) is 6.92 Å². The van der Waals surface area contributed by atoms with E-state index in [2.05, 4.69) is 110 Å². The number of ether oxygens (including phenoxy) is 4. The second-order valence-corrected chi connectivity index (χ2v) is 20.0. The van der Waals surface area contributed by atoms with E-state index in [4.69, 9.17) is 28.0 Å². The molecule has 0 saturated carbocycles. The maximum absolute atomic E-state index is 13.3. The zero-order chi connectivity index (χ0) is 45.9. The molecular formula is C52H62N3O8PSi. The topological polar surface area (TPSA) is 113 Å². The van der Waals surface area contributed by atoms with Gasteiger partial charge in [-0.1, -0.05) is 115 Å². The summed E-state index contributed by atoms with van der Waals surface area (Å²) < 4.78 is 39.9. The number of nitrogens with one attached hydrogen (secondary N) is 1. The van der Waals surface area contributed by atoms with E-state index in [-0.39, 0.29) is 21.3 Å². The molecule has 0 bridgehead atoms. The molecule has 0 spiro atoms. The number of aromatic amines is 1. The summed E-state index contributed by atoms with van der Waals surface area (Å²) >= 11 is 0. The van der Waals surface area contributed by atoms with Gasteiger partial charge >= 0.3 is 5.69 Å². The predicted molar refractivity (Wildman–Crippen MR) is 261 cm³/mol. The minimum Gasteiger partial charge on any atom is -0.497 e. The van der Waals surface area contributed by atoms with Gasteiger partial charge in [-0.3, -0.25) is 19.2 Å². The van der Waals surface area contributed by atoms with Crippen LogP contribution in [0.25, 0.3) is 0 Å². The highest BCUT2D eigenvalue weighted by Gasteiger charge is 2.43. The Bertz CT molecular complexity index is 2410. The zero-order valence-corrected chi connectivity index (χ0v) is 40.8. The monoisotopic (exact) mass is 915 g/mol. The summed E-state index contributed by atoms with van der Waals surface area (Å²) in [5.74, 6) is 1.43. The van der Waals surface area contributed by atoms with Gasteiger partial charge in [-0.05, 0) is 92.2 Å². The maximum atomic E-state index is 13.3. The van der Waals surface area contributed by atoms with Crippen molar-refractivity contribution in [3.63, 3.8) is 0 Å². The van der Waals surface area contributed by atoms with E-state index >= 15 is 0 Å². The van der Waals surface area contributed by atoms with Crippen LogP contribution in [0.2, 0.25) is 0 Å². The van der Waals surface area contributed by atoms with Crippen LogP contribution in [0.1, 0.15) is 79.3 Å². The molecule has 1 aromatic heterocycles. The molecule has 7 rings (SSSR count). The van der Waals surface area contributed by atoms with E-state index in [0.29, 0.717) is 47.7 Å². The molecule has 11 nitrogen and oxygen atoms in total. The van der Waals surface area contributed by atoms with E-state index in [0.717, 1.165) is 16.7 Å². The Hall–Kier alpha value is -5.17. The molecule has 0 radical (unpaired) electrons. The number of hydrogen-bond acceptors (Lipinski definition) is 9.